The zero-order chi connectivity index (χ0) is 20.7. The summed E-state index contributed by atoms with van der Waals surface area (Å²) < 4.78 is 10.8. The van der Waals surface area contributed by atoms with Gasteiger partial charge >= 0.3 is 6.09 Å². The lowest BCUT2D eigenvalue weighted by Gasteiger charge is -2.35. The third-order valence-electron chi connectivity index (χ3n) is 4.90. The number of ether oxygens (including phenoxy) is 2. The first kappa shape index (κ1) is 21.4. The summed E-state index contributed by atoms with van der Waals surface area (Å²) in [6.07, 6.45) is 0.308. The number of halogens is 2. The van der Waals surface area contributed by atoms with E-state index in [1.165, 1.54) is 0 Å². The molecule has 0 unspecified atom stereocenters. The van der Waals surface area contributed by atoms with Crippen molar-refractivity contribution in [3.8, 4) is 0 Å². The Morgan fingerprint density at radius 2 is 1.72 bits per heavy atom. The van der Waals surface area contributed by atoms with E-state index in [-0.39, 0.29) is 12.5 Å². The number of amides is 2. The maximum absolute atomic E-state index is 13.0. The van der Waals surface area contributed by atoms with Gasteiger partial charge in [-0.3, -0.25) is 10.1 Å². The van der Waals surface area contributed by atoms with Crippen LogP contribution in [0.4, 0.5) is 10.5 Å². The standard InChI is InChI=1S/C21H22Cl2N2O4/c22-16-5-7-17(8-6-16)25-20(27)29-14-21(9-11-28-12-10-21)19(26)24-13-15-3-1-2-4-18(15)23/h1-8H,9-14H2,(H,24,26)(H,25,27). The number of benzene rings is 2. The molecule has 29 heavy (non-hydrogen) atoms. The fourth-order valence-electron chi connectivity index (χ4n) is 3.09. The van der Waals surface area contributed by atoms with Gasteiger partial charge in [-0.2, -0.15) is 0 Å². The van der Waals surface area contributed by atoms with Gasteiger partial charge in [0.05, 0.1) is 5.41 Å². The molecule has 0 spiro atoms. The Labute approximate surface area is 179 Å². The van der Waals surface area contributed by atoms with Crippen LogP contribution in [0.25, 0.3) is 0 Å². The number of nitrogens with one attached hydrogen (secondary N) is 2. The molecule has 2 aromatic rings. The quantitative estimate of drug-likeness (QED) is 0.690. The Hall–Kier alpha value is -2.28. The zero-order valence-corrected chi connectivity index (χ0v) is 17.3. The van der Waals surface area contributed by atoms with E-state index in [2.05, 4.69) is 10.6 Å². The molecule has 1 saturated heterocycles. The molecule has 1 aliphatic rings. The molecule has 0 aromatic heterocycles. The summed E-state index contributed by atoms with van der Waals surface area (Å²) >= 11 is 12.0. The first-order valence-corrected chi connectivity index (χ1v) is 10.0. The van der Waals surface area contributed by atoms with Crippen molar-refractivity contribution in [2.45, 2.75) is 19.4 Å². The van der Waals surface area contributed by atoms with Crippen molar-refractivity contribution in [1.82, 2.24) is 5.32 Å². The Balaban J connectivity index is 1.60. The molecular weight excluding hydrogens is 415 g/mol. The average molecular weight is 437 g/mol. The lowest BCUT2D eigenvalue weighted by molar-refractivity contribution is -0.140. The van der Waals surface area contributed by atoms with Gasteiger partial charge in [0.1, 0.15) is 6.61 Å². The number of anilines is 1. The Morgan fingerprint density at radius 1 is 1.03 bits per heavy atom. The molecule has 1 fully saturated rings. The van der Waals surface area contributed by atoms with Crippen LogP contribution in [0.1, 0.15) is 18.4 Å². The first-order chi connectivity index (χ1) is 14.0. The minimum atomic E-state index is -0.836. The lowest BCUT2D eigenvalue weighted by Crippen LogP contribution is -2.48. The smallest absolute Gasteiger partial charge is 0.411 e. The molecule has 0 aliphatic carbocycles. The number of carbonyl (C=O) groups is 2. The minimum Gasteiger partial charge on any atom is -0.448 e. The summed E-state index contributed by atoms with van der Waals surface area (Å²) in [5.74, 6) is -0.181. The van der Waals surface area contributed by atoms with E-state index >= 15 is 0 Å². The van der Waals surface area contributed by atoms with Gasteiger partial charge in [0, 0.05) is 35.5 Å². The van der Waals surface area contributed by atoms with Crippen molar-refractivity contribution < 1.29 is 19.1 Å². The molecule has 8 heteroatoms. The number of carbonyl (C=O) groups excluding carboxylic acids is 2. The van der Waals surface area contributed by atoms with Crippen molar-refractivity contribution in [2.75, 3.05) is 25.1 Å². The van der Waals surface area contributed by atoms with E-state index in [0.29, 0.717) is 48.3 Å². The molecule has 0 saturated carbocycles. The van der Waals surface area contributed by atoms with Gasteiger partial charge in [-0.25, -0.2) is 4.79 Å². The molecule has 0 bridgehead atoms. The second-order valence-corrected chi connectivity index (χ2v) is 7.72. The summed E-state index contributed by atoms with van der Waals surface area (Å²) in [6.45, 7) is 1.13. The third-order valence-corrected chi connectivity index (χ3v) is 5.52. The highest BCUT2D eigenvalue weighted by atomic mass is 35.5. The number of rotatable bonds is 6. The maximum atomic E-state index is 13.0. The highest BCUT2D eigenvalue weighted by Crippen LogP contribution is 2.32. The van der Waals surface area contributed by atoms with E-state index < -0.39 is 11.5 Å². The van der Waals surface area contributed by atoms with Crippen LogP contribution >= 0.6 is 23.2 Å². The summed E-state index contributed by atoms with van der Waals surface area (Å²) in [4.78, 5) is 25.2. The molecule has 3 rings (SSSR count). The zero-order valence-electron chi connectivity index (χ0n) is 15.8. The highest BCUT2D eigenvalue weighted by molar-refractivity contribution is 6.31. The molecule has 1 heterocycles. The van der Waals surface area contributed by atoms with E-state index in [9.17, 15) is 9.59 Å². The van der Waals surface area contributed by atoms with Crippen LogP contribution in [0.5, 0.6) is 0 Å². The monoisotopic (exact) mass is 436 g/mol. The predicted octanol–water partition coefficient (Wildman–Crippen LogP) is 4.66. The summed E-state index contributed by atoms with van der Waals surface area (Å²) in [6, 6.07) is 14.0. The van der Waals surface area contributed by atoms with Crippen LogP contribution in [-0.2, 0) is 20.8 Å². The molecule has 0 atom stereocenters. The van der Waals surface area contributed by atoms with Crippen molar-refractivity contribution in [3.05, 3.63) is 64.1 Å². The molecule has 1 aliphatic heterocycles. The largest absolute Gasteiger partial charge is 0.448 e. The fourth-order valence-corrected chi connectivity index (χ4v) is 3.42. The van der Waals surface area contributed by atoms with Gasteiger partial charge in [-0.15, -0.1) is 0 Å². The van der Waals surface area contributed by atoms with E-state index in [4.69, 9.17) is 32.7 Å². The molecule has 154 valence electrons. The van der Waals surface area contributed by atoms with E-state index in [1.54, 1.807) is 30.3 Å². The molecular formula is C21H22Cl2N2O4. The van der Waals surface area contributed by atoms with Gasteiger partial charge < -0.3 is 14.8 Å². The van der Waals surface area contributed by atoms with Gasteiger partial charge in [0.2, 0.25) is 5.91 Å². The van der Waals surface area contributed by atoms with Gasteiger partial charge in [0.25, 0.3) is 0 Å². The SMILES string of the molecule is O=C(Nc1ccc(Cl)cc1)OCC1(C(=O)NCc2ccccc2Cl)CCOCC1. The van der Waals surface area contributed by atoms with Crippen LogP contribution in [-0.4, -0.2) is 31.8 Å². The minimum absolute atomic E-state index is 0.0376. The number of hydrogen-bond acceptors (Lipinski definition) is 4. The van der Waals surface area contributed by atoms with Crippen LogP contribution in [0.3, 0.4) is 0 Å². The van der Waals surface area contributed by atoms with Gasteiger partial charge in [0.15, 0.2) is 0 Å². The van der Waals surface area contributed by atoms with Crippen LogP contribution in [0.15, 0.2) is 48.5 Å². The Morgan fingerprint density at radius 3 is 2.41 bits per heavy atom. The summed E-state index contributed by atoms with van der Waals surface area (Å²) in [7, 11) is 0. The predicted molar refractivity (Wildman–Crippen MR) is 112 cm³/mol. The van der Waals surface area contributed by atoms with Crippen LogP contribution < -0.4 is 10.6 Å². The molecule has 2 N–H and O–H groups in total. The fraction of sp³-hybridized carbons (Fsp3) is 0.333. The lowest BCUT2D eigenvalue weighted by atomic mass is 9.80. The van der Waals surface area contributed by atoms with Gasteiger partial charge in [-0.05, 0) is 48.7 Å². The highest BCUT2D eigenvalue weighted by Gasteiger charge is 2.41. The normalized spacial score (nSPS) is 15.4. The second-order valence-electron chi connectivity index (χ2n) is 6.87. The number of hydrogen-bond donors (Lipinski definition) is 2. The van der Waals surface area contributed by atoms with Crippen molar-refractivity contribution in [3.63, 3.8) is 0 Å². The molecule has 0 radical (unpaired) electrons. The van der Waals surface area contributed by atoms with Crippen molar-refractivity contribution in [1.29, 1.82) is 0 Å². The third kappa shape index (κ3) is 5.85. The first-order valence-electron chi connectivity index (χ1n) is 9.27. The maximum Gasteiger partial charge on any atom is 0.411 e. The second kappa shape index (κ2) is 9.96. The summed E-state index contributed by atoms with van der Waals surface area (Å²) in [5.41, 5.74) is 0.548. The molecule has 6 nitrogen and oxygen atoms in total. The Kier molecular flexibility index (Phi) is 7.36. The van der Waals surface area contributed by atoms with Gasteiger partial charge in [-0.1, -0.05) is 41.4 Å². The Bertz CT molecular complexity index is 852. The molecule has 2 amide bonds. The van der Waals surface area contributed by atoms with Crippen LogP contribution in [0, 0.1) is 5.41 Å². The van der Waals surface area contributed by atoms with Crippen LogP contribution in [0.2, 0.25) is 10.0 Å². The molecule has 2 aromatic carbocycles. The van der Waals surface area contributed by atoms with E-state index in [0.717, 1.165) is 5.56 Å². The van der Waals surface area contributed by atoms with Crippen molar-refractivity contribution >= 4 is 40.9 Å². The van der Waals surface area contributed by atoms with E-state index in [1.807, 2.05) is 18.2 Å². The topological polar surface area (TPSA) is 76.7 Å². The average Bonchev–Trinajstić information content (AvgIpc) is 2.74. The van der Waals surface area contributed by atoms with Crippen molar-refractivity contribution in [2.24, 2.45) is 5.41 Å². The summed E-state index contributed by atoms with van der Waals surface area (Å²) in [5, 5.41) is 6.71.